The van der Waals surface area contributed by atoms with Crippen LogP contribution in [0.2, 0.25) is 5.02 Å². The first-order valence-electron chi connectivity index (χ1n) is 5.28. The van der Waals surface area contributed by atoms with Gasteiger partial charge in [0, 0.05) is 11.4 Å². The zero-order valence-corrected chi connectivity index (χ0v) is 10.1. The first kappa shape index (κ1) is 13.7. The molecule has 0 aliphatic heterocycles. The van der Waals surface area contributed by atoms with Gasteiger partial charge in [0.2, 0.25) is 5.78 Å². The molecule has 17 heavy (non-hydrogen) atoms. The van der Waals surface area contributed by atoms with Crippen LogP contribution in [0.5, 0.6) is 0 Å². The van der Waals surface area contributed by atoms with E-state index >= 15 is 0 Å². The van der Waals surface area contributed by atoms with Crippen molar-refractivity contribution in [3.8, 4) is 0 Å². The molecule has 1 aromatic rings. The molecule has 0 spiro atoms. The van der Waals surface area contributed by atoms with Gasteiger partial charge in [-0.25, -0.2) is 4.79 Å². The van der Waals surface area contributed by atoms with Gasteiger partial charge in [-0.05, 0) is 30.7 Å². The van der Waals surface area contributed by atoms with Crippen LogP contribution in [0.4, 0.5) is 0 Å². The molecule has 0 heterocycles. The standard InChI is InChI=1S/C12H14ClNO3/c13-10-5-3-9(4-6-10)8-17-12(16)11(15)2-1-7-14/h3-6H,1-2,7-8,14H2. The lowest BCUT2D eigenvalue weighted by molar-refractivity contribution is -0.154. The number of halogens is 1. The fraction of sp³-hybridized carbons (Fsp3) is 0.333. The highest BCUT2D eigenvalue weighted by molar-refractivity contribution is 6.33. The molecule has 0 aliphatic carbocycles. The van der Waals surface area contributed by atoms with Crippen molar-refractivity contribution < 1.29 is 14.3 Å². The minimum Gasteiger partial charge on any atom is -0.455 e. The summed E-state index contributed by atoms with van der Waals surface area (Å²) in [6, 6.07) is 6.86. The zero-order valence-electron chi connectivity index (χ0n) is 9.32. The number of hydrogen-bond donors (Lipinski definition) is 1. The van der Waals surface area contributed by atoms with Gasteiger partial charge in [-0.2, -0.15) is 0 Å². The normalized spacial score (nSPS) is 10.0. The topological polar surface area (TPSA) is 69.4 Å². The second-order valence-corrected chi connectivity index (χ2v) is 3.95. The Kier molecular flexibility index (Phi) is 5.66. The van der Waals surface area contributed by atoms with E-state index in [1.165, 1.54) is 0 Å². The number of ketones is 1. The average molecular weight is 256 g/mol. The van der Waals surface area contributed by atoms with Crippen LogP contribution in [0.15, 0.2) is 24.3 Å². The zero-order chi connectivity index (χ0) is 12.7. The quantitative estimate of drug-likeness (QED) is 0.620. The molecule has 0 unspecified atom stereocenters. The Morgan fingerprint density at radius 3 is 2.47 bits per heavy atom. The van der Waals surface area contributed by atoms with Gasteiger partial charge in [-0.3, -0.25) is 4.79 Å². The molecule has 0 radical (unpaired) electrons. The van der Waals surface area contributed by atoms with E-state index in [2.05, 4.69) is 0 Å². The van der Waals surface area contributed by atoms with Crippen LogP contribution in [-0.2, 0) is 20.9 Å². The second kappa shape index (κ2) is 7.04. The number of ether oxygens (including phenoxy) is 1. The van der Waals surface area contributed by atoms with Crippen molar-refractivity contribution in [3.05, 3.63) is 34.9 Å². The summed E-state index contributed by atoms with van der Waals surface area (Å²) in [6.45, 7) is 0.459. The van der Waals surface area contributed by atoms with Crippen LogP contribution in [0, 0.1) is 0 Å². The molecule has 0 amide bonds. The van der Waals surface area contributed by atoms with E-state index < -0.39 is 11.8 Å². The minimum absolute atomic E-state index is 0.0738. The molecule has 1 rings (SSSR count). The molecule has 92 valence electrons. The predicted molar refractivity (Wildman–Crippen MR) is 64.5 cm³/mol. The molecule has 0 fully saturated rings. The highest BCUT2D eigenvalue weighted by Crippen LogP contribution is 2.10. The molecule has 0 atom stereocenters. The van der Waals surface area contributed by atoms with Crippen LogP contribution in [0.1, 0.15) is 18.4 Å². The number of Topliss-reactive ketones (excluding diaryl/α,β-unsaturated/α-hetero) is 1. The van der Waals surface area contributed by atoms with Crippen LogP contribution in [-0.4, -0.2) is 18.3 Å². The van der Waals surface area contributed by atoms with Gasteiger partial charge in [-0.1, -0.05) is 23.7 Å². The van der Waals surface area contributed by atoms with Crippen molar-refractivity contribution in [3.63, 3.8) is 0 Å². The smallest absolute Gasteiger partial charge is 0.374 e. The molecule has 1 aromatic carbocycles. The Morgan fingerprint density at radius 2 is 1.88 bits per heavy atom. The van der Waals surface area contributed by atoms with E-state index in [4.69, 9.17) is 22.1 Å². The first-order valence-corrected chi connectivity index (χ1v) is 5.65. The van der Waals surface area contributed by atoms with Crippen molar-refractivity contribution in [1.82, 2.24) is 0 Å². The van der Waals surface area contributed by atoms with Gasteiger partial charge >= 0.3 is 5.97 Å². The Bertz CT molecular complexity index is 389. The summed E-state index contributed by atoms with van der Waals surface area (Å²) in [5.74, 6) is -1.35. The summed E-state index contributed by atoms with van der Waals surface area (Å²) in [4.78, 5) is 22.5. The summed E-state index contributed by atoms with van der Waals surface area (Å²) in [5, 5.41) is 0.610. The van der Waals surface area contributed by atoms with E-state index in [1.807, 2.05) is 0 Å². The second-order valence-electron chi connectivity index (χ2n) is 3.52. The Hall–Kier alpha value is -1.39. The van der Waals surface area contributed by atoms with E-state index in [9.17, 15) is 9.59 Å². The van der Waals surface area contributed by atoms with Crippen molar-refractivity contribution in [1.29, 1.82) is 0 Å². The molecule has 0 saturated carbocycles. The summed E-state index contributed by atoms with van der Waals surface area (Å²) in [7, 11) is 0. The van der Waals surface area contributed by atoms with Gasteiger partial charge in [0.05, 0.1) is 0 Å². The fourth-order valence-corrected chi connectivity index (χ4v) is 1.30. The third kappa shape index (κ3) is 4.97. The van der Waals surface area contributed by atoms with E-state index in [1.54, 1.807) is 24.3 Å². The predicted octanol–water partition coefficient (Wildman–Crippen LogP) is 1.69. The van der Waals surface area contributed by atoms with Crippen molar-refractivity contribution in [2.45, 2.75) is 19.4 Å². The maximum Gasteiger partial charge on any atom is 0.374 e. The summed E-state index contributed by atoms with van der Waals surface area (Å²) < 4.78 is 4.85. The highest BCUT2D eigenvalue weighted by Gasteiger charge is 2.14. The van der Waals surface area contributed by atoms with Crippen molar-refractivity contribution >= 4 is 23.4 Å². The summed E-state index contributed by atoms with van der Waals surface area (Å²) in [6.07, 6.45) is 0.630. The Balaban J connectivity index is 2.37. The molecule has 0 saturated heterocycles. The maximum absolute atomic E-state index is 11.3. The van der Waals surface area contributed by atoms with Gasteiger partial charge in [-0.15, -0.1) is 0 Å². The Morgan fingerprint density at radius 1 is 1.24 bits per heavy atom. The summed E-state index contributed by atoms with van der Waals surface area (Å²) in [5.41, 5.74) is 6.03. The van der Waals surface area contributed by atoms with Crippen molar-refractivity contribution in [2.24, 2.45) is 5.73 Å². The molecule has 0 aliphatic rings. The van der Waals surface area contributed by atoms with Gasteiger partial charge in [0.15, 0.2) is 0 Å². The molecule has 2 N–H and O–H groups in total. The van der Waals surface area contributed by atoms with E-state index in [0.717, 1.165) is 5.56 Å². The SMILES string of the molecule is NCCCC(=O)C(=O)OCc1ccc(Cl)cc1. The Labute approximate surface area is 105 Å². The number of carbonyl (C=O) groups excluding carboxylic acids is 2. The maximum atomic E-state index is 11.3. The van der Waals surface area contributed by atoms with E-state index in [0.29, 0.717) is 18.0 Å². The van der Waals surface area contributed by atoms with Crippen LogP contribution in [0.25, 0.3) is 0 Å². The third-order valence-electron chi connectivity index (χ3n) is 2.12. The first-order chi connectivity index (χ1) is 8.13. The number of hydrogen-bond acceptors (Lipinski definition) is 4. The summed E-state index contributed by atoms with van der Waals surface area (Å²) >= 11 is 5.71. The van der Waals surface area contributed by atoms with Gasteiger partial charge in [0.1, 0.15) is 6.61 Å². The lowest BCUT2D eigenvalue weighted by Gasteiger charge is -2.04. The molecule has 0 bridgehead atoms. The number of rotatable bonds is 6. The fourth-order valence-electron chi connectivity index (χ4n) is 1.17. The number of carbonyl (C=O) groups is 2. The van der Waals surface area contributed by atoms with Gasteiger partial charge < -0.3 is 10.5 Å². The van der Waals surface area contributed by atoms with Crippen LogP contribution >= 0.6 is 11.6 Å². The minimum atomic E-state index is -0.812. The monoisotopic (exact) mass is 255 g/mol. The molecule has 0 aromatic heterocycles. The van der Waals surface area contributed by atoms with Crippen LogP contribution < -0.4 is 5.73 Å². The number of nitrogens with two attached hydrogens (primary N) is 1. The largest absolute Gasteiger partial charge is 0.455 e. The van der Waals surface area contributed by atoms with E-state index in [-0.39, 0.29) is 13.0 Å². The highest BCUT2D eigenvalue weighted by atomic mass is 35.5. The molecule has 4 nitrogen and oxygen atoms in total. The molecular formula is C12H14ClNO3. The van der Waals surface area contributed by atoms with Crippen molar-refractivity contribution in [2.75, 3.05) is 6.54 Å². The van der Waals surface area contributed by atoms with Crippen LogP contribution in [0.3, 0.4) is 0 Å². The number of benzene rings is 1. The lowest BCUT2D eigenvalue weighted by Crippen LogP contribution is -2.18. The molecular weight excluding hydrogens is 242 g/mol. The average Bonchev–Trinajstić information content (AvgIpc) is 2.34. The lowest BCUT2D eigenvalue weighted by atomic mass is 10.2. The third-order valence-corrected chi connectivity index (χ3v) is 2.37. The number of esters is 1. The van der Waals surface area contributed by atoms with Gasteiger partial charge in [0.25, 0.3) is 0 Å². The molecule has 5 heteroatoms.